The maximum absolute atomic E-state index is 11.7. The molecule has 7 heteroatoms. The Morgan fingerprint density at radius 1 is 1.47 bits per heavy atom. The van der Waals surface area contributed by atoms with Gasteiger partial charge in [0.25, 0.3) is 0 Å². The van der Waals surface area contributed by atoms with Crippen molar-refractivity contribution in [2.24, 2.45) is 0 Å². The van der Waals surface area contributed by atoms with Crippen molar-refractivity contribution >= 4 is 29.1 Å². The van der Waals surface area contributed by atoms with Gasteiger partial charge in [0.2, 0.25) is 5.91 Å². The fraction of sp³-hybridized carbons (Fsp3) is 0.500. The van der Waals surface area contributed by atoms with E-state index in [0.717, 1.165) is 0 Å². The van der Waals surface area contributed by atoms with Crippen molar-refractivity contribution in [3.05, 3.63) is 11.3 Å². The van der Waals surface area contributed by atoms with Crippen molar-refractivity contribution in [1.29, 1.82) is 0 Å². The molecule has 0 spiro atoms. The van der Waals surface area contributed by atoms with Crippen LogP contribution in [-0.2, 0) is 4.79 Å². The summed E-state index contributed by atoms with van der Waals surface area (Å²) < 4.78 is 0. The summed E-state index contributed by atoms with van der Waals surface area (Å²) in [5.41, 5.74) is 5.52. The molecule has 0 atom stereocenters. The number of halogens is 1. The summed E-state index contributed by atoms with van der Waals surface area (Å²) in [6.45, 7) is 5.35. The quantitative estimate of drug-likeness (QED) is 0.822. The molecule has 1 rings (SSSR count). The molecule has 0 aliphatic heterocycles. The zero-order valence-corrected chi connectivity index (χ0v) is 10.7. The summed E-state index contributed by atoms with van der Waals surface area (Å²) in [4.78, 5) is 21.1. The molecule has 0 unspecified atom stereocenters. The maximum atomic E-state index is 11.7. The molecule has 94 valence electrons. The molecule has 3 N–H and O–H groups in total. The molecule has 1 heterocycles. The van der Waals surface area contributed by atoms with Gasteiger partial charge in [-0.3, -0.25) is 4.79 Å². The highest BCUT2D eigenvalue weighted by Crippen LogP contribution is 2.22. The molecule has 17 heavy (non-hydrogen) atoms. The molecular formula is C10H16ClN5O. The molecule has 1 aromatic rings. The number of aromatic nitrogens is 2. The molecule has 0 aliphatic rings. The van der Waals surface area contributed by atoms with E-state index in [9.17, 15) is 4.79 Å². The van der Waals surface area contributed by atoms with Gasteiger partial charge in [-0.2, -0.15) is 0 Å². The minimum Gasteiger partial charge on any atom is -0.382 e. The Hall–Kier alpha value is -1.56. The van der Waals surface area contributed by atoms with Crippen LogP contribution >= 0.6 is 11.6 Å². The van der Waals surface area contributed by atoms with Crippen molar-refractivity contribution in [1.82, 2.24) is 14.9 Å². The number of carbonyl (C=O) groups is 1. The molecule has 0 fully saturated rings. The molecule has 0 radical (unpaired) electrons. The molecule has 0 saturated heterocycles. The minimum absolute atomic E-state index is 0.0109. The largest absolute Gasteiger partial charge is 0.382 e. The zero-order chi connectivity index (χ0) is 12.8. The summed E-state index contributed by atoms with van der Waals surface area (Å²) in [7, 11) is 0. The van der Waals surface area contributed by atoms with Crippen LogP contribution in [0.1, 0.15) is 13.8 Å². The van der Waals surface area contributed by atoms with Crippen LogP contribution in [0.5, 0.6) is 0 Å². The standard InChI is InChI=1S/C10H16ClN5O/c1-3-16(4-2)7(17)5-13-10-8(11)9(12)14-6-15-10/h6H,3-5H2,1-2H3,(H3,12,13,14,15). The molecule has 6 nitrogen and oxygen atoms in total. The minimum atomic E-state index is -0.0109. The number of nitrogens with one attached hydrogen (secondary N) is 1. The Balaban J connectivity index is 2.61. The molecule has 0 aromatic carbocycles. The van der Waals surface area contributed by atoms with Crippen LogP contribution in [0.4, 0.5) is 11.6 Å². The molecule has 1 aromatic heterocycles. The lowest BCUT2D eigenvalue weighted by atomic mass is 10.4. The average molecular weight is 258 g/mol. The second-order valence-corrected chi connectivity index (χ2v) is 3.72. The SMILES string of the molecule is CCN(CC)C(=O)CNc1ncnc(N)c1Cl. The van der Waals surface area contributed by atoms with Crippen LogP contribution in [0.2, 0.25) is 5.02 Å². The van der Waals surface area contributed by atoms with Crippen LogP contribution in [0, 0.1) is 0 Å². The highest BCUT2D eigenvalue weighted by Gasteiger charge is 2.11. The third kappa shape index (κ3) is 3.45. The van der Waals surface area contributed by atoms with Crippen LogP contribution in [0.25, 0.3) is 0 Å². The van der Waals surface area contributed by atoms with Crippen molar-refractivity contribution in [3.63, 3.8) is 0 Å². The molecule has 1 amide bonds. The Morgan fingerprint density at radius 3 is 2.71 bits per heavy atom. The summed E-state index contributed by atoms with van der Waals surface area (Å²) in [6.07, 6.45) is 1.30. The summed E-state index contributed by atoms with van der Waals surface area (Å²) in [5.74, 6) is 0.558. The van der Waals surface area contributed by atoms with Gasteiger partial charge in [0.1, 0.15) is 17.2 Å². The normalized spacial score (nSPS) is 10.1. The highest BCUT2D eigenvalue weighted by atomic mass is 35.5. The van der Waals surface area contributed by atoms with E-state index in [0.29, 0.717) is 18.9 Å². The van der Waals surface area contributed by atoms with Gasteiger partial charge in [0.15, 0.2) is 5.82 Å². The van der Waals surface area contributed by atoms with Gasteiger partial charge < -0.3 is 16.0 Å². The van der Waals surface area contributed by atoms with E-state index in [4.69, 9.17) is 17.3 Å². The van der Waals surface area contributed by atoms with Gasteiger partial charge in [-0.25, -0.2) is 9.97 Å². The van der Waals surface area contributed by atoms with Gasteiger partial charge in [-0.05, 0) is 13.8 Å². The van der Waals surface area contributed by atoms with Gasteiger partial charge >= 0.3 is 0 Å². The number of rotatable bonds is 5. The number of nitrogens with zero attached hydrogens (tertiary/aromatic N) is 3. The number of nitrogen functional groups attached to an aromatic ring is 1. The van der Waals surface area contributed by atoms with E-state index >= 15 is 0 Å². The lowest BCUT2D eigenvalue weighted by molar-refractivity contribution is -0.128. The third-order valence-electron chi connectivity index (χ3n) is 2.34. The fourth-order valence-corrected chi connectivity index (χ4v) is 1.52. The van der Waals surface area contributed by atoms with Gasteiger partial charge in [0, 0.05) is 13.1 Å². The van der Waals surface area contributed by atoms with E-state index in [1.807, 2.05) is 13.8 Å². The van der Waals surface area contributed by atoms with E-state index in [1.165, 1.54) is 6.33 Å². The van der Waals surface area contributed by atoms with Crippen LogP contribution in [0.3, 0.4) is 0 Å². The Morgan fingerprint density at radius 2 is 2.12 bits per heavy atom. The molecule has 0 saturated carbocycles. The number of hydrogen-bond acceptors (Lipinski definition) is 5. The van der Waals surface area contributed by atoms with E-state index in [1.54, 1.807) is 4.90 Å². The predicted octanol–water partition coefficient (Wildman–Crippen LogP) is 0.992. The van der Waals surface area contributed by atoms with Crippen molar-refractivity contribution in [3.8, 4) is 0 Å². The van der Waals surface area contributed by atoms with Crippen LogP contribution in [-0.4, -0.2) is 40.4 Å². The molecular weight excluding hydrogens is 242 g/mol. The predicted molar refractivity (Wildman–Crippen MR) is 67.9 cm³/mol. The second-order valence-electron chi connectivity index (χ2n) is 3.34. The number of hydrogen-bond donors (Lipinski definition) is 2. The Kier molecular flexibility index (Phi) is 4.96. The molecule has 0 aliphatic carbocycles. The first-order chi connectivity index (χ1) is 8.10. The van der Waals surface area contributed by atoms with Crippen molar-refractivity contribution < 1.29 is 4.79 Å². The van der Waals surface area contributed by atoms with Crippen LogP contribution < -0.4 is 11.1 Å². The van der Waals surface area contributed by atoms with E-state index < -0.39 is 0 Å². The summed E-state index contributed by atoms with van der Waals surface area (Å²) in [5, 5.41) is 3.08. The number of amides is 1. The highest BCUT2D eigenvalue weighted by molar-refractivity contribution is 6.35. The first kappa shape index (κ1) is 13.5. The average Bonchev–Trinajstić information content (AvgIpc) is 2.32. The monoisotopic (exact) mass is 257 g/mol. The first-order valence-electron chi connectivity index (χ1n) is 5.37. The second kappa shape index (κ2) is 6.24. The Labute approximate surface area is 105 Å². The number of anilines is 2. The summed E-state index contributed by atoms with van der Waals surface area (Å²) >= 11 is 5.89. The summed E-state index contributed by atoms with van der Waals surface area (Å²) in [6, 6.07) is 0. The number of nitrogens with two attached hydrogens (primary N) is 1. The van der Waals surface area contributed by atoms with Crippen molar-refractivity contribution in [2.45, 2.75) is 13.8 Å². The van der Waals surface area contributed by atoms with Gasteiger partial charge in [0.05, 0.1) is 6.54 Å². The lowest BCUT2D eigenvalue weighted by Gasteiger charge is -2.19. The zero-order valence-electron chi connectivity index (χ0n) is 9.90. The third-order valence-corrected chi connectivity index (χ3v) is 2.71. The number of carbonyl (C=O) groups excluding carboxylic acids is 1. The topological polar surface area (TPSA) is 84.1 Å². The van der Waals surface area contributed by atoms with Gasteiger partial charge in [-0.1, -0.05) is 11.6 Å². The first-order valence-corrected chi connectivity index (χ1v) is 5.75. The van der Waals surface area contributed by atoms with E-state index in [-0.39, 0.29) is 23.3 Å². The Bertz CT molecular complexity index is 394. The van der Waals surface area contributed by atoms with E-state index in [2.05, 4.69) is 15.3 Å². The smallest absolute Gasteiger partial charge is 0.241 e. The van der Waals surface area contributed by atoms with Crippen molar-refractivity contribution in [2.75, 3.05) is 30.7 Å². The van der Waals surface area contributed by atoms with Crippen LogP contribution in [0.15, 0.2) is 6.33 Å². The van der Waals surface area contributed by atoms with Gasteiger partial charge in [-0.15, -0.1) is 0 Å². The maximum Gasteiger partial charge on any atom is 0.241 e. The fourth-order valence-electron chi connectivity index (χ4n) is 1.35. The molecule has 0 bridgehead atoms. The number of likely N-dealkylation sites (N-methyl/N-ethyl adjacent to an activating group) is 1. The lowest BCUT2D eigenvalue weighted by Crippen LogP contribution is -2.35.